The molecule has 1 aliphatic heterocycles. The average molecular weight is 511 g/mol. The van der Waals surface area contributed by atoms with Crippen LogP contribution in [0.15, 0.2) is 58.3 Å². The minimum Gasteiger partial charge on any atom is -0.478 e. The molecule has 1 aliphatic rings. The van der Waals surface area contributed by atoms with Crippen molar-refractivity contribution in [1.29, 1.82) is 0 Å². The lowest BCUT2D eigenvalue weighted by Crippen LogP contribution is -2.42. The Kier molecular flexibility index (Phi) is 11.3. The lowest BCUT2D eigenvalue weighted by Gasteiger charge is -2.22. The molecule has 0 radical (unpaired) electrons. The van der Waals surface area contributed by atoms with Gasteiger partial charge < -0.3 is 14.2 Å². The average Bonchev–Trinajstić information content (AvgIpc) is 3.63. The van der Waals surface area contributed by atoms with Crippen LogP contribution in [0.5, 0.6) is 0 Å². The molecule has 1 fully saturated rings. The van der Waals surface area contributed by atoms with E-state index in [0.29, 0.717) is 13.2 Å². The minimum absolute atomic E-state index is 0.0830. The van der Waals surface area contributed by atoms with Gasteiger partial charge in [-0.1, -0.05) is 58.9 Å². The van der Waals surface area contributed by atoms with Gasteiger partial charge in [0.15, 0.2) is 6.10 Å². The number of carbonyl (C=O) groups excluding carboxylic acids is 1. The smallest absolute Gasteiger partial charge is 0.325 e. The Morgan fingerprint density at radius 3 is 2.49 bits per heavy atom. The van der Waals surface area contributed by atoms with Crippen LogP contribution in [0.1, 0.15) is 66.5 Å². The van der Waals surface area contributed by atoms with Crippen LogP contribution in [0.4, 0.5) is 5.69 Å². The third kappa shape index (κ3) is 9.60. The number of esters is 1. The highest BCUT2D eigenvalue weighted by atomic mass is 16.6. The predicted octanol–water partition coefficient (Wildman–Crippen LogP) is 6.61. The zero-order chi connectivity index (χ0) is 27.8. The van der Waals surface area contributed by atoms with E-state index in [2.05, 4.69) is 63.4 Å². The van der Waals surface area contributed by atoms with Gasteiger partial charge >= 0.3 is 5.97 Å². The van der Waals surface area contributed by atoms with Gasteiger partial charge in [0.1, 0.15) is 11.8 Å². The van der Waals surface area contributed by atoms with E-state index < -0.39 is 6.04 Å². The molecule has 1 aromatic rings. The standard InChI is InChI=1S/C31H46N2O4/c1-11-24(15-22(6)29-27(12-2)37-29)28(20(3)4)33-25-16-23(14-13-21(25)5)17-32-26(18-35-10)30(34)36-19-31(7,8)9/h11-16,20,26,29,32H,17-19H2,1-10H3/b22-15-,24-11+,27-12+,33-28+. The number of benzene rings is 1. The zero-order valence-corrected chi connectivity index (χ0v) is 24.4. The van der Waals surface area contributed by atoms with Gasteiger partial charge in [-0.2, -0.15) is 0 Å². The molecule has 1 saturated heterocycles. The number of nitrogens with zero attached hydrogens (tertiary/aromatic N) is 1. The second kappa shape index (κ2) is 13.7. The van der Waals surface area contributed by atoms with Crippen LogP contribution in [-0.4, -0.2) is 44.2 Å². The lowest BCUT2D eigenvalue weighted by atomic mass is 9.96. The monoisotopic (exact) mass is 510 g/mol. The number of aliphatic imine (C=N–C) groups is 1. The summed E-state index contributed by atoms with van der Waals surface area (Å²) in [5.74, 6) is 0.962. The molecule has 0 aromatic heterocycles. The molecule has 0 amide bonds. The molecule has 6 nitrogen and oxygen atoms in total. The number of nitrogens with one attached hydrogen (secondary N) is 1. The highest BCUT2D eigenvalue weighted by Crippen LogP contribution is 2.34. The van der Waals surface area contributed by atoms with Gasteiger partial charge in [-0.3, -0.25) is 15.1 Å². The van der Waals surface area contributed by atoms with Crippen molar-refractivity contribution in [3.05, 3.63) is 64.5 Å². The summed E-state index contributed by atoms with van der Waals surface area (Å²) in [6, 6.07) is 5.68. The molecule has 204 valence electrons. The number of carbonyl (C=O) groups is 1. The number of aryl methyl sites for hydroxylation is 1. The number of methoxy groups -OCH3 is 1. The molecule has 1 heterocycles. The molecule has 37 heavy (non-hydrogen) atoms. The maximum absolute atomic E-state index is 12.6. The summed E-state index contributed by atoms with van der Waals surface area (Å²) in [4.78, 5) is 17.7. The minimum atomic E-state index is -0.540. The summed E-state index contributed by atoms with van der Waals surface area (Å²) in [5.41, 5.74) is 6.26. The van der Waals surface area contributed by atoms with Gasteiger partial charge in [0, 0.05) is 13.7 Å². The SMILES string of the molecule is C/C=C(\C=C(\C)C1O/C1=C/C)C(=N/c1cc(CNC(COC)C(=O)OCC(C)(C)C)ccc1C)/C(C)C. The van der Waals surface area contributed by atoms with Crippen LogP contribution in [0.2, 0.25) is 0 Å². The quantitative estimate of drug-likeness (QED) is 0.148. The maximum Gasteiger partial charge on any atom is 0.325 e. The Balaban J connectivity index is 2.24. The van der Waals surface area contributed by atoms with Crippen LogP contribution in [0, 0.1) is 18.3 Å². The topological polar surface area (TPSA) is 72.5 Å². The maximum atomic E-state index is 12.6. The number of hydrogen-bond donors (Lipinski definition) is 1. The first-order chi connectivity index (χ1) is 17.4. The molecule has 0 saturated carbocycles. The largest absolute Gasteiger partial charge is 0.478 e. The van der Waals surface area contributed by atoms with Crippen molar-refractivity contribution in [2.45, 2.75) is 81.0 Å². The molecule has 0 bridgehead atoms. The van der Waals surface area contributed by atoms with Gasteiger partial charge in [-0.25, -0.2) is 0 Å². The molecule has 6 heteroatoms. The Labute approximate surface area is 223 Å². The van der Waals surface area contributed by atoms with Crippen LogP contribution >= 0.6 is 0 Å². The van der Waals surface area contributed by atoms with E-state index in [9.17, 15) is 4.79 Å². The Bertz CT molecular complexity index is 1060. The summed E-state index contributed by atoms with van der Waals surface area (Å²) in [7, 11) is 1.58. The van der Waals surface area contributed by atoms with E-state index in [1.54, 1.807) is 7.11 Å². The molecule has 1 aromatic carbocycles. The Morgan fingerprint density at radius 1 is 1.24 bits per heavy atom. The second-order valence-corrected chi connectivity index (χ2v) is 11.2. The molecule has 1 N–H and O–H groups in total. The van der Waals surface area contributed by atoms with E-state index >= 15 is 0 Å². The first-order valence-electron chi connectivity index (χ1n) is 13.1. The molecule has 2 unspecified atom stereocenters. The summed E-state index contributed by atoms with van der Waals surface area (Å²) in [6.07, 6.45) is 6.39. The van der Waals surface area contributed by atoms with Gasteiger partial charge in [-0.15, -0.1) is 0 Å². The third-order valence-corrected chi connectivity index (χ3v) is 6.02. The van der Waals surface area contributed by atoms with Crippen molar-refractivity contribution in [3.63, 3.8) is 0 Å². The van der Waals surface area contributed by atoms with Crippen molar-refractivity contribution in [3.8, 4) is 0 Å². The Morgan fingerprint density at radius 2 is 1.95 bits per heavy atom. The van der Waals surface area contributed by atoms with E-state index in [1.807, 2.05) is 40.7 Å². The Hall–Kier alpha value is -2.70. The normalized spacial score (nSPS) is 18.7. The summed E-state index contributed by atoms with van der Waals surface area (Å²) < 4.78 is 16.4. The summed E-state index contributed by atoms with van der Waals surface area (Å²) >= 11 is 0. The first kappa shape index (κ1) is 30.5. The number of epoxide rings is 1. The van der Waals surface area contributed by atoms with E-state index in [1.165, 1.54) is 5.57 Å². The molecular weight excluding hydrogens is 464 g/mol. The predicted molar refractivity (Wildman–Crippen MR) is 152 cm³/mol. The van der Waals surface area contributed by atoms with Crippen LogP contribution in [-0.2, 0) is 25.5 Å². The van der Waals surface area contributed by atoms with Crippen LogP contribution in [0.3, 0.4) is 0 Å². The van der Waals surface area contributed by atoms with Crippen molar-refractivity contribution in [1.82, 2.24) is 5.32 Å². The molecule has 2 atom stereocenters. The highest BCUT2D eigenvalue weighted by molar-refractivity contribution is 6.05. The van der Waals surface area contributed by atoms with Crippen molar-refractivity contribution in [2.24, 2.45) is 16.3 Å². The van der Waals surface area contributed by atoms with E-state index in [-0.39, 0.29) is 30.0 Å². The molecule has 0 aliphatic carbocycles. The fourth-order valence-corrected chi connectivity index (χ4v) is 3.81. The van der Waals surface area contributed by atoms with Gasteiger partial charge in [0.2, 0.25) is 0 Å². The number of allylic oxidation sites excluding steroid dienone is 4. The van der Waals surface area contributed by atoms with Crippen LogP contribution < -0.4 is 5.32 Å². The fourth-order valence-electron chi connectivity index (χ4n) is 3.81. The molecule has 0 spiro atoms. The second-order valence-electron chi connectivity index (χ2n) is 11.2. The lowest BCUT2D eigenvalue weighted by molar-refractivity contribution is -0.150. The van der Waals surface area contributed by atoms with Crippen molar-refractivity contribution < 1.29 is 19.0 Å². The zero-order valence-electron chi connectivity index (χ0n) is 24.4. The number of ether oxygens (including phenoxy) is 3. The van der Waals surface area contributed by atoms with Gasteiger partial charge in [0.25, 0.3) is 0 Å². The third-order valence-electron chi connectivity index (χ3n) is 6.02. The molecule has 2 rings (SSSR count). The van der Waals surface area contributed by atoms with Gasteiger partial charge in [0.05, 0.1) is 24.6 Å². The van der Waals surface area contributed by atoms with E-state index in [0.717, 1.165) is 33.9 Å². The van der Waals surface area contributed by atoms with Crippen molar-refractivity contribution in [2.75, 3.05) is 20.3 Å². The summed E-state index contributed by atoms with van der Waals surface area (Å²) in [6.45, 7) is 19.7. The number of rotatable bonds is 12. The number of hydrogen-bond acceptors (Lipinski definition) is 6. The van der Waals surface area contributed by atoms with E-state index in [4.69, 9.17) is 19.2 Å². The van der Waals surface area contributed by atoms with Crippen LogP contribution in [0.25, 0.3) is 0 Å². The van der Waals surface area contributed by atoms with Gasteiger partial charge in [-0.05, 0) is 73.4 Å². The fraction of sp³-hybridized carbons (Fsp3) is 0.548. The summed E-state index contributed by atoms with van der Waals surface area (Å²) in [5, 5.41) is 3.30. The highest BCUT2D eigenvalue weighted by Gasteiger charge is 2.33. The molecular formula is C31H46N2O4. The first-order valence-corrected chi connectivity index (χ1v) is 13.1. The van der Waals surface area contributed by atoms with Crippen molar-refractivity contribution >= 4 is 17.4 Å².